The van der Waals surface area contributed by atoms with Gasteiger partial charge in [0, 0.05) is 30.4 Å². The van der Waals surface area contributed by atoms with Crippen molar-refractivity contribution < 1.29 is 13.2 Å². The van der Waals surface area contributed by atoms with Gasteiger partial charge in [0.2, 0.25) is 5.91 Å². The summed E-state index contributed by atoms with van der Waals surface area (Å²) < 4.78 is 23.8. The summed E-state index contributed by atoms with van der Waals surface area (Å²) in [4.78, 5) is 28.9. The fourth-order valence-corrected chi connectivity index (χ4v) is 5.90. The molecule has 11 heteroatoms. The third kappa shape index (κ3) is 5.56. The molecule has 35 heavy (non-hydrogen) atoms. The molecule has 1 atom stereocenters. The zero-order chi connectivity index (χ0) is 25.2. The lowest BCUT2D eigenvalue weighted by atomic mass is 10.0. The number of benzene rings is 1. The topological polar surface area (TPSA) is 129 Å². The minimum absolute atomic E-state index is 0.0345. The molecule has 1 aromatic carbocycles. The third-order valence-corrected chi connectivity index (χ3v) is 8.49. The van der Waals surface area contributed by atoms with Crippen molar-refractivity contribution in [2.45, 2.75) is 51.2 Å². The first kappa shape index (κ1) is 24.9. The van der Waals surface area contributed by atoms with E-state index < -0.39 is 9.84 Å². The maximum Gasteiger partial charge on any atom is 0.233 e. The number of fused-ring (bicyclic) bond motifs is 1. The van der Waals surface area contributed by atoms with E-state index >= 15 is 0 Å². The molecule has 0 radical (unpaired) electrons. The van der Waals surface area contributed by atoms with Crippen molar-refractivity contribution in [1.29, 1.82) is 5.26 Å². The lowest BCUT2D eigenvalue weighted by Crippen LogP contribution is -2.26. The smallest absolute Gasteiger partial charge is 0.233 e. The summed E-state index contributed by atoms with van der Waals surface area (Å²) in [6, 6.07) is 9.89. The number of hydrogen-bond donors (Lipinski definition) is 1. The van der Waals surface area contributed by atoms with E-state index in [9.17, 15) is 13.2 Å². The third-order valence-electron chi connectivity index (χ3n) is 5.83. The van der Waals surface area contributed by atoms with Crippen LogP contribution in [0.4, 0.5) is 5.13 Å². The number of thiazole rings is 1. The average Bonchev–Trinajstić information content (AvgIpc) is 3.36. The van der Waals surface area contributed by atoms with Gasteiger partial charge in [-0.1, -0.05) is 32.9 Å². The summed E-state index contributed by atoms with van der Waals surface area (Å²) in [5.41, 5.74) is 2.76. The van der Waals surface area contributed by atoms with Crippen molar-refractivity contribution in [2.75, 3.05) is 11.1 Å². The molecular formula is C24H26N6O3S2. The first-order valence-electron chi connectivity index (χ1n) is 11.3. The molecule has 2 aromatic heterocycles. The predicted octanol–water partition coefficient (Wildman–Crippen LogP) is 3.49. The Balaban J connectivity index is 1.41. The minimum Gasteiger partial charge on any atom is -0.302 e. The number of nitrogens with one attached hydrogen (secondary N) is 1. The van der Waals surface area contributed by atoms with Crippen molar-refractivity contribution in [1.82, 2.24) is 19.9 Å². The van der Waals surface area contributed by atoms with Crippen LogP contribution in [-0.4, -0.2) is 39.9 Å². The molecule has 1 unspecified atom stereocenters. The molecule has 4 rings (SSSR count). The Bertz CT molecular complexity index is 1360. The van der Waals surface area contributed by atoms with E-state index in [-0.39, 0.29) is 34.8 Å². The van der Waals surface area contributed by atoms with Gasteiger partial charge in [0.1, 0.15) is 10.7 Å². The van der Waals surface area contributed by atoms with Gasteiger partial charge in [0.05, 0.1) is 35.5 Å². The summed E-state index contributed by atoms with van der Waals surface area (Å²) in [7, 11) is -3.38. The number of sulfone groups is 1. The maximum absolute atomic E-state index is 12.5. The van der Waals surface area contributed by atoms with Crippen LogP contribution in [0.5, 0.6) is 0 Å². The van der Waals surface area contributed by atoms with E-state index in [4.69, 9.17) is 10.2 Å². The molecule has 0 saturated carbocycles. The highest BCUT2D eigenvalue weighted by Gasteiger charge is 2.36. The Hall–Kier alpha value is -3.20. The van der Waals surface area contributed by atoms with Crippen molar-refractivity contribution in [3.05, 3.63) is 64.2 Å². The summed E-state index contributed by atoms with van der Waals surface area (Å²) in [6.45, 7) is 7.35. The number of hydrogen-bond acceptors (Lipinski definition) is 9. The van der Waals surface area contributed by atoms with Crippen LogP contribution in [0.25, 0.3) is 0 Å². The molecule has 1 amide bonds. The molecular weight excluding hydrogens is 484 g/mol. The normalized spacial score (nSPS) is 15.7. The Kier molecular flexibility index (Phi) is 7.25. The summed E-state index contributed by atoms with van der Waals surface area (Å²) >= 11 is 1.46. The average molecular weight is 511 g/mol. The molecule has 1 aliphatic heterocycles. The van der Waals surface area contributed by atoms with Gasteiger partial charge in [-0.05, 0) is 23.6 Å². The second-order valence-electron chi connectivity index (χ2n) is 8.69. The Morgan fingerprint density at radius 2 is 1.94 bits per heavy atom. The van der Waals surface area contributed by atoms with E-state index in [0.717, 1.165) is 29.2 Å². The van der Waals surface area contributed by atoms with Crippen LogP contribution in [0, 0.1) is 17.2 Å². The van der Waals surface area contributed by atoms with Crippen LogP contribution >= 0.6 is 11.3 Å². The Morgan fingerprint density at radius 1 is 1.26 bits per heavy atom. The second-order valence-corrected chi connectivity index (χ2v) is 12.1. The molecule has 0 aliphatic carbocycles. The summed E-state index contributed by atoms with van der Waals surface area (Å²) in [5.74, 6) is 0.230. The van der Waals surface area contributed by atoms with Gasteiger partial charge in [-0.2, -0.15) is 5.26 Å². The minimum atomic E-state index is -3.38. The van der Waals surface area contributed by atoms with Crippen LogP contribution in [0.2, 0.25) is 0 Å². The lowest BCUT2D eigenvalue weighted by Gasteiger charge is -2.27. The molecule has 3 heterocycles. The van der Waals surface area contributed by atoms with Crippen LogP contribution in [-0.2, 0) is 34.1 Å². The van der Waals surface area contributed by atoms with Gasteiger partial charge in [-0.15, -0.1) is 11.3 Å². The highest BCUT2D eigenvalue weighted by atomic mass is 32.2. The number of nitrogens with zero attached hydrogens (tertiary/aromatic N) is 5. The van der Waals surface area contributed by atoms with Gasteiger partial charge >= 0.3 is 0 Å². The quantitative estimate of drug-likeness (QED) is 0.488. The van der Waals surface area contributed by atoms with E-state index in [1.54, 1.807) is 6.92 Å². The van der Waals surface area contributed by atoms with Crippen LogP contribution < -0.4 is 5.32 Å². The van der Waals surface area contributed by atoms with Gasteiger partial charge in [0.25, 0.3) is 0 Å². The number of amides is 1. The van der Waals surface area contributed by atoms with Gasteiger partial charge < -0.3 is 5.32 Å². The van der Waals surface area contributed by atoms with Crippen molar-refractivity contribution >= 4 is 32.2 Å². The SMILES string of the molecule is CCS(=O)(=O)c1cnc(CC(=O)Nc2nc3c(s2)CN(Cc2ccc(C#N)cc2)C3C(C)C)nc1. The summed E-state index contributed by atoms with van der Waals surface area (Å²) in [6.07, 6.45) is 2.40. The Morgan fingerprint density at radius 3 is 2.54 bits per heavy atom. The van der Waals surface area contributed by atoms with Crippen LogP contribution in [0.3, 0.4) is 0 Å². The fourth-order valence-electron chi connectivity index (χ4n) is 4.10. The molecule has 0 fully saturated rings. The highest BCUT2D eigenvalue weighted by molar-refractivity contribution is 7.91. The molecule has 0 spiro atoms. The maximum atomic E-state index is 12.5. The Labute approximate surface area is 208 Å². The molecule has 1 aliphatic rings. The second kappa shape index (κ2) is 10.2. The van der Waals surface area contributed by atoms with Crippen molar-refractivity contribution in [3.63, 3.8) is 0 Å². The first-order chi connectivity index (χ1) is 16.7. The van der Waals surface area contributed by atoms with Gasteiger partial charge in [-0.25, -0.2) is 23.4 Å². The molecule has 182 valence electrons. The zero-order valence-corrected chi connectivity index (χ0v) is 21.4. The number of aromatic nitrogens is 3. The van der Waals surface area contributed by atoms with E-state index in [1.807, 2.05) is 24.3 Å². The van der Waals surface area contributed by atoms with Crippen LogP contribution in [0.1, 0.15) is 54.3 Å². The van der Waals surface area contributed by atoms with Gasteiger partial charge in [0.15, 0.2) is 15.0 Å². The zero-order valence-electron chi connectivity index (χ0n) is 19.7. The number of carbonyl (C=O) groups is 1. The number of nitriles is 1. The monoisotopic (exact) mass is 510 g/mol. The van der Waals surface area contributed by atoms with Gasteiger partial charge in [-0.3, -0.25) is 9.69 Å². The lowest BCUT2D eigenvalue weighted by molar-refractivity contribution is -0.115. The largest absolute Gasteiger partial charge is 0.302 e. The van der Waals surface area contributed by atoms with E-state index in [0.29, 0.717) is 16.6 Å². The number of carbonyl (C=O) groups excluding carboxylic acids is 1. The summed E-state index contributed by atoms with van der Waals surface area (Å²) in [5, 5.41) is 12.4. The van der Waals surface area contributed by atoms with Crippen molar-refractivity contribution in [2.24, 2.45) is 5.92 Å². The predicted molar refractivity (Wildman–Crippen MR) is 132 cm³/mol. The first-order valence-corrected chi connectivity index (χ1v) is 13.7. The van der Waals surface area contributed by atoms with E-state index in [1.165, 1.54) is 23.7 Å². The standard InChI is InChI=1S/C24H26N6O3S2/c1-4-35(32,33)18-11-26-20(27-12-18)9-21(31)28-24-29-22-19(34-24)14-30(23(22)15(2)3)13-17-7-5-16(10-25)6-8-17/h5-8,11-12,15,23H,4,9,13-14H2,1-3H3,(H,28,29,31). The van der Waals surface area contributed by atoms with Crippen molar-refractivity contribution in [3.8, 4) is 6.07 Å². The van der Waals surface area contributed by atoms with Crippen LogP contribution in [0.15, 0.2) is 41.6 Å². The molecule has 1 N–H and O–H groups in total. The fraction of sp³-hybridized carbons (Fsp3) is 0.375. The number of rotatable bonds is 8. The number of anilines is 1. The molecule has 0 saturated heterocycles. The van der Waals surface area contributed by atoms with E-state index in [2.05, 4.69) is 40.1 Å². The molecule has 9 nitrogen and oxygen atoms in total. The molecule has 0 bridgehead atoms. The molecule has 3 aromatic rings. The highest BCUT2D eigenvalue weighted by Crippen LogP contribution is 2.43.